The van der Waals surface area contributed by atoms with E-state index in [4.69, 9.17) is 0 Å². The van der Waals surface area contributed by atoms with Crippen LogP contribution in [0, 0.1) is 11.8 Å². The topological polar surface area (TPSA) is 66.9 Å². The van der Waals surface area contributed by atoms with Crippen LogP contribution in [0.5, 0.6) is 0 Å². The monoisotopic (exact) mass is 318 g/mol. The van der Waals surface area contributed by atoms with Gasteiger partial charge in [0.2, 0.25) is 5.91 Å². The number of benzene rings is 1. The predicted molar refractivity (Wildman–Crippen MR) is 88.0 cm³/mol. The molecule has 3 heterocycles. The van der Waals surface area contributed by atoms with Gasteiger partial charge in [-0.25, -0.2) is 0 Å². The van der Waals surface area contributed by atoms with Gasteiger partial charge >= 0.3 is 0 Å². The number of fused-ring (bicyclic) bond motifs is 4. The van der Waals surface area contributed by atoms with Crippen LogP contribution in [-0.4, -0.2) is 28.5 Å². The van der Waals surface area contributed by atoms with E-state index < -0.39 is 0 Å². The number of rotatable bonds is 2. The predicted octanol–water partition coefficient (Wildman–Crippen LogP) is 2.38. The van der Waals surface area contributed by atoms with E-state index in [2.05, 4.69) is 20.6 Å². The van der Waals surface area contributed by atoms with Crippen LogP contribution in [0.2, 0.25) is 0 Å². The van der Waals surface area contributed by atoms with E-state index in [0.29, 0.717) is 12.0 Å². The Balaban J connectivity index is 0.00000144. The zero-order valence-electron chi connectivity index (χ0n) is 12.2. The molecule has 3 atom stereocenters. The minimum atomic E-state index is 0. The first-order valence-electron chi connectivity index (χ1n) is 7.54. The van der Waals surface area contributed by atoms with Gasteiger partial charge in [-0.05, 0) is 49.9 Å². The highest BCUT2D eigenvalue weighted by molar-refractivity contribution is 5.95. The highest BCUT2D eigenvalue weighted by atomic mass is 35.5. The average Bonchev–Trinajstić information content (AvgIpc) is 2.56. The van der Waals surface area contributed by atoms with E-state index >= 15 is 0 Å². The molecular formula is C16H19ClN4O. The zero-order valence-corrected chi connectivity index (χ0v) is 13.0. The Morgan fingerprint density at radius 2 is 2.00 bits per heavy atom. The summed E-state index contributed by atoms with van der Waals surface area (Å²) in [7, 11) is 0. The summed E-state index contributed by atoms with van der Waals surface area (Å²) in [6, 6.07) is 6.01. The van der Waals surface area contributed by atoms with Crippen molar-refractivity contribution in [1.82, 2.24) is 15.3 Å². The first-order valence-corrected chi connectivity index (χ1v) is 7.54. The van der Waals surface area contributed by atoms with Gasteiger partial charge in [0.05, 0.1) is 17.0 Å². The molecule has 1 aliphatic carbocycles. The molecule has 22 heavy (non-hydrogen) atoms. The van der Waals surface area contributed by atoms with Crippen molar-refractivity contribution >= 4 is 35.0 Å². The maximum absolute atomic E-state index is 12.5. The van der Waals surface area contributed by atoms with Crippen LogP contribution in [-0.2, 0) is 4.79 Å². The summed E-state index contributed by atoms with van der Waals surface area (Å²) in [6.45, 7) is 1.07. The number of nitrogens with one attached hydrogen (secondary N) is 2. The fourth-order valence-corrected chi connectivity index (χ4v) is 3.57. The van der Waals surface area contributed by atoms with Gasteiger partial charge < -0.3 is 10.6 Å². The van der Waals surface area contributed by atoms with E-state index in [0.717, 1.165) is 36.1 Å². The van der Waals surface area contributed by atoms with Crippen LogP contribution < -0.4 is 10.6 Å². The summed E-state index contributed by atoms with van der Waals surface area (Å²) < 4.78 is 0. The first-order chi connectivity index (χ1) is 10.3. The maximum atomic E-state index is 12.5. The number of anilines is 1. The van der Waals surface area contributed by atoms with E-state index in [1.807, 2.05) is 18.2 Å². The van der Waals surface area contributed by atoms with Crippen molar-refractivity contribution in [2.45, 2.75) is 25.3 Å². The van der Waals surface area contributed by atoms with E-state index in [1.54, 1.807) is 12.4 Å². The number of hydrogen-bond donors (Lipinski definition) is 2. The summed E-state index contributed by atoms with van der Waals surface area (Å²) in [5, 5.41) is 6.52. The highest BCUT2D eigenvalue weighted by Crippen LogP contribution is 2.34. The van der Waals surface area contributed by atoms with Gasteiger partial charge in [0.1, 0.15) is 0 Å². The van der Waals surface area contributed by atoms with Crippen molar-refractivity contribution in [2.24, 2.45) is 11.8 Å². The molecule has 1 aromatic heterocycles. The number of aromatic nitrogens is 2. The number of amides is 1. The summed E-state index contributed by atoms with van der Waals surface area (Å²) >= 11 is 0. The smallest absolute Gasteiger partial charge is 0.229 e. The van der Waals surface area contributed by atoms with Crippen molar-refractivity contribution in [1.29, 1.82) is 0 Å². The molecule has 5 nitrogen and oxygen atoms in total. The first kappa shape index (κ1) is 15.2. The van der Waals surface area contributed by atoms with Crippen molar-refractivity contribution < 1.29 is 4.79 Å². The highest BCUT2D eigenvalue weighted by Gasteiger charge is 2.39. The molecule has 3 aliphatic rings. The number of piperidine rings is 2. The molecule has 2 N–H and O–H groups in total. The Morgan fingerprint density at radius 1 is 1.18 bits per heavy atom. The lowest BCUT2D eigenvalue weighted by molar-refractivity contribution is -0.123. The number of hydrogen-bond acceptors (Lipinski definition) is 4. The summed E-state index contributed by atoms with van der Waals surface area (Å²) in [4.78, 5) is 21.0. The van der Waals surface area contributed by atoms with Crippen LogP contribution in [0.4, 0.5) is 5.69 Å². The van der Waals surface area contributed by atoms with E-state index in [9.17, 15) is 4.79 Å². The van der Waals surface area contributed by atoms with Crippen LogP contribution in [0.3, 0.4) is 0 Å². The van der Waals surface area contributed by atoms with Crippen molar-refractivity contribution in [3.05, 3.63) is 30.6 Å². The molecule has 116 valence electrons. The molecule has 3 fully saturated rings. The Hall–Kier alpha value is -1.72. The van der Waals surface area contributed by atoms with E-state index in [1.165, 1.54) is 6.42 Å². The number of carbonyl (C=O) groups is 1. The van der Waals surface area contributed by atoms with Crippen molar-refractivity contribution in [3.8, 4) is 0 Å². The Morgan fingerprint density at radius 3 is 2.68 bits per heavy atom. The normalized spacial score (nSPS) is 26.5. The largest absolute Gasteiger partial charge is 0.326 e. The van der Waals surface area contributed by atoms with Gasteiger partial charge in [-0.2, -0.15) is 0 Å². The number of nitrogens with zero attached hydrogens (tertiary/aromatic N) is 2. The van der Waals surface area contributed by atoms with Crippen molar-refractivity contribution in [3.63, 3.8) is 0 Å². The molecule has 1 amide bonds. The second-order valence-electron chi connectivity index (χ2n) is 6.05. The molecule has 2 bridgehead atoms. The minimum absolute atomic E-state index is 0. The third-order valence-electron chi connectivity index (χ3n) is 4.70. The molecule has 2 aromatic rings. The molecular weight excluding hydrogens is 300 g/mol. The van der Waals surface area contributed by atoms with Gasteiger partial charge in [0, 0.05) is 24.1 Å². The Kier molecular flexibility index (Phi) is 4.27. The molecule has 1 aromatic carbocycles. The average molecular weight is 319 g/mol. The molecule has 0 spiro atoms. The lowest BCUT2D eigenvalue weighted by Gasteiger charge is -2.42. The SMILES string of the molecule is Cl.O=C(Nc1ccc2nccnc2c1)C1CC2CCC1NC2. The molecule has 5 rings (SSSR count). The third-order valence-corrected chi connectivity index (χ3v) is 4.70. The Bertz CT molecular complexity index is 685. The number of halogens is 1. The summed E-state index contributed by atoms with van der Waals surface area (Å²) in [6.07, 6.45) is 6.72. The summed E-state index contributed by atoms with van der Waals surface area (Å²) in [5.74, 6) is 0.878. The second-order valence-corrected chi connectivity index (χ2v) is 6.05. The van der Waals surface area contributed by atoms with Gasteiger partial charge in [-0.3, -0.25) is 14.8 Å². The summed E-state index contributed by atoms with van der Waals surface area (Å²) in [5.41, 5.74) is 2.45. The van der Waals surface area contributed by atoms with Crippen LogP contribution in [0.1, 0.15) is 19.3 Å². The maximum Gasteiger partial charge on any atom is 0.229 e. The van der Waals surface area contributed by atoms with E-state index in [-0.39, 0.29) is 24.2 Å². The van der Waals surface area contributed by atoms with Gasteiger partial charge in [-0.15, -0.1) is 12.4 Å². The lowest BCUT2D eigenvalue weighted by Crippen LogP contribution is -2.53. The molecule has 2 aliphatic heterocycles. The fraction of sp³-hybridized carbons (Fsp3) is 0.438. The van der Waals surface area contributed by atoms with Crippen LogP contribution in [0.25, 0.3) is 11.0 Å². The molecule has 1 saturated carbocycles. The minimum Gasteiger partial charge on any atom is -0.326 e. The van der Waals surface area contributed by atoms with Gasteiger partial charge in [0.15, 0.2) is 0 Å². The standard InChI is InChI=1S/C16H18N4O.ClH/c21-16(12-7-10-1-3-13(12)19-9-10)20-11-2-4-14-15(8-11)18-6-5-17-14;/h2,4-6,8,10,12-13,19H,1,3,7,9H2,(H,20,21);1H. The van der Waals surface area contributed by atoms with Crippen LogP contribution in [0.15, 0.2) is 30.6 Å². The van der Waals surface area contributed by atoms with Crippen molar-refractivity contribution in [2.75, 3.05) is 11.9 Å². The molecule has 2 saturated heterocycles. The fourth-order valence-electron chi connectivity index (χ4n) is 3.57. The molecule has 6 heteroatoms. The lowest BCUT2D eigenvalue weighted by atomic mass is 9.73. The van der Waals surface area contributed by atoms with Crippen LogP contribution >= 0.6 is 12.4 Å². The van der Waals surface area contributed by atoms with Gasteiger partial charge in [0.25, 0.3) is 0 Å². The second kappa shape index (κ2) is 6.18. The molecule has 3 unspecified atom stereocenters. The quantitative estimate of drug-likeness (QED) is 0.892. The number of carbonyl (C=O) groups excluding carboxylic acids is 1. The van der Waals surface area contributed by atoms with Gasteiger partial charge in [-0.1, -0.05) is 0 Å². The Labute approximate surface area is 135 Å². The zero-order chi connectivity index (χ0) is 14.2. The molecule has 0 radical (unpaired) electrons. The third kappa shape index (κ3) is 2.78.